The summed E-state index contributed by atoms with van der Waals surface area (Å²) >= 11 is 0. The zero-order valence-electron chi connectivity index (χ0n) is 10.6. The Labute approximate surface area is 93.1 Å². The topological polar surface area (TPSA) is 29.5 Å². The second-order valence-electron chi connectivity index (χ2n) is 4.69. The summed E-state index contributed by atoms with van der Waals surface area (Å²) in [5.41, 5.74) is 0.563. The van der Waals surface area contributed by atoms with Gasteiger partial charge in [0.1, 0.15) is 0 Å². The van der Waals surface area contributed by atoms with Crippen LogP contribution in [0.25, 0.3) is 0 Å². The minimum Gasteiger partial charge on any atom is -0.466 e. The van der Waals surface area contributed by atoms with Gasteiger partial charge in [-0.3, -0.25) is 4.90 Å². The highest BCUT2D eigenvalue weighted by atomic mass is 16.5. The van der Waals surface area contributed by atoms with Gasteiger partial charge in [0.2, 0.25) is 0 Å². The third-order valence-corrected chi connectivity index (χ3v) is 2.30. The summed E-state index contributed by atoms with van der Waals surface area (Å²) in [6.07, 6.45) is 1.06. The van der Waals surface area contributed by atoms with Crippen LogP contribution in [0.2, 0.25) is 0 Å². The fraction of sp³-hybridized carbons (Fsp3) is 0.750. The average Bonchev–Trinajstić information content (AvgIpc) is 2.14. The summed E-state index contributed by atoms with van der Waals surface area (Å²) in [6, 6.07) is 0. The van der Waals surface area contributed by atoms with Crippen molar-refractivity contribution in [3.8, 4) is 0 Å². The van der Waals surface area contributed by atoms with Crippen molar-refractivity contribution >= 4 is 5.97 Å². The van der Waals surface area contributed by atoms with Crippen LogP contribution in [0.1, 0.15) is 34.1 Å². The van der Waals surface area contributed by atoms with E-state index in [9.17, 15) is 4.79 Å². The van der Waals surface area contributed by atoms with E-state index in [2.05, 4.69) is 43.9 Å². The molecule has 3 heteroatoms. The van der Waals surface area contributed by atoms with Crippen LogP contribution >= 0.6 is 0 Å². The van der Waals surface area contributed by atoms with E-state index in [1.165, 1.54) is 7.11 Å². The number of nitrogens with zero attached hydrogens (tertiary/aromatic N) is 1. The standard InChI is InChI=1S/C12H23NO2/c1-7-8-13(12(3,4)5)9-10(2)11(14)15-6/h2,7-9H2,1,3-6H3. The van der Waals surface area contributed by atoms with Gasteiger partial charge in [0.25, 0.3) is 0 Å². The molecule has 0 saturated heterocycles. The lowest BCUT2D eigenvalue weighted by molar-refractivity contribution is -0.136. The van der Waals surface area contributed by atoms with Crippen LogP contribution in [-0.2, 0) is 9.53 Å². The van der Waals surface area contributed by atoms with E-state index in [1.807, 2.05) is 0 Å². The Hall–Kier alpha value is -0.830. The van der Waals surface area contributed by atoms with Gasteiger partial charge in [-0.05, 0) is 33.7 Å². The molecule has 0 aromatic carbocycles. The third kappa shape index (κ3) is 4.98. The fourth-order valence-electron chi connectivity index (χ4n) is 1.36. The highest BCUT2D eigenvalue weighted by molar-refractivity contribution is 5.88. The van der Waals surface area contributed by atoms with Gasteiger partial charge in [-0.15, -0.1) is 0 Å². The minimum atomic E-state index is -0.319. The van der Waals surface area contributed by atoms with Gasteiger partial charge in [-0.1, -0.05) is 13.5 Å². The molecule has 0 atom stereocenters. The molecule has 0 aliphatic carbocycles. The van der Waals surface area contributed by atoms with Gasteiger partial charge in [-0.2, -0.15) is 0 Å². The molecule has 15 heavy (non-hydrogen) atoms. The van der Waals surface area contributed by atoms with Crippen molar-refractivity contribution in [1.29, 1.82) is 0 Å². The fourth-order valence-corrected chi connectivity index (χ4v) is 1.36. The molecule has 88 valence electrons. The van der Waals surface area contributed by atoms with Gasteiger partial charge < -0.3 is 4.74 Å². The van der Waals surface area contributed by atoms with Gasteiger partial charge >= 0.3 is 5.97 Å². The number of carbonyl (C=O) groups is 1. The first kappa shape index (κ1) is 14.2. The third-order valence-electron chi connectivity index (χ3n) is 2.30. The van der Waals surface area contributed by atoms with Crippen molar-refractivity contribution in [2.75, 3.05) is 20.2 Å². The van der Waals surface area contributed by atoms with Crippen LogP contribution in [0, 0.1) is 0 Å². The zero-order valence-corrected chi connectivity index (χ0v) is 10.6. The summed E-state index contributed by atoms with van der Waals surface area (Å²) < 4.78 is 4.64. The number of ether oxygens (including phenoxy) is 1. The zero-order chi connectivity index (χ0) is 12.1. The molecule has 0 unspecified atom stereocenters. The Morgan fingerprint density at radius 3 is 2.27 bits per heavy atom. The van der Waals surface area contributed by atoms with Crippen molar-refractivity contribution in [2.24, 2.45) is 0 Å². The molecular weight excluding hydrogens is 190 g/mol. The molecule has 0 aromatic heterocycles. The van der Waals surface area contributed by atoms with Gasteiger partial charge in [0, 0.05) is 17.7 Å². The molecule has 0 bridgehead atoms. The molecule has 0 spiro atoms. The summed E-state index contributed by atoms with van der Waals surface area (Å²) in [5, 5.41) is 0. The smallest absolute Gasteiger partial charge is 0.334 e. The molecular formula is C12H23NO2. The molecule has 0 fully saturated rings. The molecule has 0 saturated carbocycles. The first-order chi connectivity index (χ1) is 6.82. The number of carbonyl (C=O) groups excluding carboxylic acids is 1. The Morgan fingerprint density at radius 2 is 1.93 bits per heavy atom. The maximum atomic E-state index is 11.2. The maximum Gasteiger partial charge on any atom is 0.334 e. The second-order valence-corrected chi connectivity index (χ2v) is 4.69. The van der Waals surface area contributed by atoms with Crippen LogP contribution in [0.15, 0.2) is 12.2 Å². The molecule has 0 amide bonds. The largest absolute Gasteiger partial charge is 0.466 e. The first-order valence-corrected chi connectivity index (χ1v) is 5.34. The van der Waals surface area contributed by atoms with E-state index in [1.54, 1.807) is 0 Å². The highest BCUT2D eigenvalue weighted by Gasteiger charge is 2.22. The molecule has 3 nitrogen and oxygen atoms in total. The van der Waals surface area contributed by atoms with Gasteiger partial charge in [-0.25, -0.2) is 4.79 Å². The van der Waals surface area contributed by atoms with Crippen LogP contribution in [0.3, 0.4) is 0 Å². The van der Waals surface area contributed by atoms with Gasteiger partial charge in [0.15, 0.2) is 0 Å². The van der Waals surface area contributed by atoms with Crippen molar-refractivity contribution in [3.05, 3.63) is 12.2 Å². The summed E-state index contributed by atoms with van der Waals surface area (Å²) in [5.74, 6) is -0.319. The molecule has 0 aliphatic heterocycles. The molecule has 0 aromatic rings. The van der Waals surface area contributed by atoms with Gasteiger partial charge in [0.05, 0.1) is 7.11 Å². The van der Waals surface area contributed by atoms with Crippen LogP contribution in [-0.4, -0.2) is 36.6 Å². The number of esters is 1. The molecule has 0 radical (unpaired) electrons. The monoisotopic (exact) mass is 213 g/mol. The SMILES string of the molecule is C=C(CN(CCC)C(C)(C)C)C(=O)OC. The Kier molecular flexibility index (Phi) is 5.58. The van der Waals surface area contributed by atoms with Crippen LogP contribution < -0.4 is 0 Å². The summed E-state index contributed by atoms with van der Waals surface area (Å²) in [7, 11) is 1.38. The summed E-state index contributed by atoms with van der Waals surface area (Å²) in [4.78, 5) is 13.5. The number of hydrogen-bond acceptors (Lipinski definition) is 3. The lowest BCUT2D eigenvalue weighted by Crippen LogP contribution is -2.43. The Balaban J connectivity index is 4.42. The lowest BCUT2D eigenvalue weighted by Gasteiger charge is -2.35. The van der Waals surface area contributed by atoms with E-state index in [0.29, 0.717) is 12.1 Å². The Morgan fingerprint density at radius 1 is 1.40 bits per heavy atom. The number of hydrogen-bond donors (Lipinski definition) is 0. The highest BCUT2D eigenvalue weighted by Crippen LogP contribution is 2.15. The second kappa shape index (κ2) is 5.91. The predicted molar refractivity (Wildman–Crippen MR) is 62.8 cm³/mol. The number of methoxy groups -OCH3 is 1. The maximum absolute atomic E-state index is 11.2. The normalized spacial score (nSPS) is 11.6. The van der Waals surface area contributed by atoms with Crippen molar-refractivity contribution in [1.82, 2.24) is 4.90 Å². The summed E-state index contributed by atoms with van der Waals surface area (Å²) in [6.45, 7) is 13.8. The first-order valence-electron chi connectivity index (χ1n) is 5.34. The van der Waals surface area contributed by atoms with Crippen LogP contribution in [0.4, 0.5) is 0 Å². The molecule has 0 N–H and O–H groups in total. The van der Waals surface area contributed by atoms with E-state index >= 15 is 0 Å². The van der Waals surface area contributed by atoms with E-state index in [4.69, 9.17) is 0 Å². The lowest BCUT2D eigenvalue weighted by atomic mass is 10.0. The van der Waals surface area contributed by atoms with Crippen molar-refractivity contribution in [3.63, 3.8) is 0 Å². The molecule has 0 heterocycles. The minimum absolute atomic E-state index is 0.0486. The Bertz CT molecular complexity index is 228. The predicted octanol–water partition coefficient (Wildman–Crippen LogP) is 2.23. The van der Waals surface area contributed by atoms with E-state index in [0.717, 1.165) is 13.0 Å². The van der Waals surface area contributed by atoms with Crippen LogP contribution in [0.5, 0.6) is 0 Å². The van der Waals surface area contributed by atoms with Crippen molar-refractivity contribution < 1.29 is 9.53 Å². The average molecular weight is 213 g/mol. The molecule has 0 aliphatic rings. The molecule has 0 rings (SSSR count). The quantitative estimate of drug-likeness (QED) is 0.518. The van der Waals surface area contributed by atoms with E-state index in [-0.39, 0.29) is 11.5 Å². The number of rotatable bonds is 5. The van der Waals surface area contributed by atoms with Crippen molar-refractivity contribution in [2.45, 2.75) is 39.7 Å². The van der Waals surface area contributed by atoms with E-state index < -0.39 is 0 Å².